The molecule has 6 aromatic rings. The molecule has 224 valence electrons. The molecule has 0 bridgehead atoms. The maximum absolute atomic E-state index is 14.8. The van der Waals surface area contributed by atoms with E-state index in [1.807, 2.05) is 24.3 Å². The number of fused-ring (bicyclic) bond motifs is 2. The molecule has 0 saturated carbocycles. The van der Waals surface area contributed by atoms with E-state index in [0.29, 0.717) is 21.9 Å². The van der Waals surface area contributed by atoms with Crippen molar-refractivity contribution in [1.29, 1.82) is 0 Å². The molecule has 5 nitrogen and oxygen atoms in total. The number of benzene rings is 6. The van der Waals surface area contributed by atoms with Crippen LogP contribution in [0.1, 0.15) is 15.9 Å². The quantitative estimate of drug-likeness (QED) is 0.134. The summed E-state index contributed by atoms with van der Waals surface area (Å²) in [6, 6.07) is 35.9. The van der Waals surface area contributed by atoms with Gasteiger partial charge in [0.25, 0.3) is 5.60 Å². The van der Waals surface area contributed by atoms with Gasteiger partial charge in [-0.2, -0.15) is 13.2 Å². The molecule has 45 heavy (non-hydrogen) atoms. The highest BCUT2D eigenvalue weighted by Crippen LogP contribution is 2.48. The Kier molecular flexibility index (Phi) is 7.83. The monoisotopic (exact) mass is 606 g/mol. The summed E-state index contributed by atoms with van der Waals surface area (Å²) in [5.74, 6) is -2.35. The van der Waals surface area contributed by atoms with Crippen LogP contribution in [0.3, 0.4) is 0 Å². The van der Waals surface area contributed by atoms with E-state index < -0.39 is 29.3 Å². The largest absolute Gasteiger partial charge is 0.432 e. The summed E-state index contributed by atoms with van der Waals surface area (Å²) in [6.07, 6.45) is -5.17. The lowest BCUT2D eigenvalue weighted by Gasteiger charge is -2.32. The van der Waals surface area contributed by atoms with Gasteiger partial charge in [0.05, 0.1) is 5.56 Å². The van der Waals surface area contributed by atoms with Crippen molar-refractivity contribution >= 4 is 33.5 Å². The molecular weight excluding hydrogens is 581 g/mol. The van der Waals surface area contributed by atoms with Gasteiger partial charge >= 0.3 is 18.1 Å². The van der Waals surface area contributed by atoms with Crippen LogP contribution in [0, 0.1) is 0 Å². The molecule has 0 radical (unpaired) electrons. The molecular formula is C37H25F3O5. The van der Waals surface area contributed by atoms with Crippen molar-refractivity contribution in [2.24, 2.45) is 0 Å². The lowest BCUT2D eigenvalue weighted by atomic mass is 9.91. The van der Waals surface area contributed by atoms with Crippen molar-refractivity contribution in [2.75, 3.05) is 7.11 Å². The zero-order valence-corrected chi connectivity index (χ0v) is 23.9. The van der Waals surface area contributed by atoms with Crippen LogP contribution in [-0.4, -0.2) is 25.2 Å². The normalized spacial score (nSPS) is 12.9. The number of methoxy groups -OCH3 is 1. The fourth-order valence-corrected chi connectivity index (χ4v) is 5.48. The highest BCUT2D eigenvalue weighted by atomic mass is 19.4. The Bertz CT molecular complexity index is 2020. The summed E-state index contributed by atoms with van der Waals surface area (Å²) < 4.78 is 61.0. The molecule has 0 unspecified atom stereocenters. The number of ether oxygens (including phenoxy) is 3. The summed E-state index contributed by atoms with van der Waals surface area (Å²) in [5.41, 5.74) is -2.91. The van der Waals surface area contributed by atoms with Gasteiger partial charge in [0, 0.05) is 23.8 Å². The maximum Gasteiger partial charge on any atom is 0.432 e. The molecule has 8 heteroatoms. The van der Waals surface area contributed by atoms with Gasteiger partial charge in [0.1, 0.15) is 11.5 Å². The van der Waals surface area contributed by atoms with Crippen LogP contribution < -0.4 is 9.47 Å². The molecule has 6 aromatic carbocycles. The third-order valence-corrected chi connectivity index (χ3v) is 7.62. The Morgan fingerprint density at radius 1 is 0.556 bits per heavy atom. The van der Waals surface area contributed by atoms with Crippen LogP contribution in [0.2, 0.25) is 0 Å². The first-order valence-electron chi connectivity index (χ1n) is 14.0. The van der Waals surface area contributed by atoms with Gasteiger partial charge in [-0.3, -0.25) is 0 Å². The minimum atomic E-state index is -5.17. The van der Waals surface area contributed by atoms with Gasteiger partial charge in [0.2, 0.25) is 0 Å². The molecule has 0 fully saturated rings. The van der Waals surface area contributed by atoms with Crippen molar-refractivity contribution in [2.45, 2.75) is 11.8 Å². The number of hydrogen-bond acceptors (Lipinski definition) is 5. The van der Waals surface area contributed by atoms with E-state index in [4.69, 9.17) is 14.2 Å². The van der Waals surface area contributed by atoms with Gasteiger partial charge in [-0.05, 0) is 45.8 Å². The van der Waals surface area contributed by atoms with Gasteiger partial charge < -0.3 is 14.2 Å². The highest BCUT2D eigenvalue weighted by Gasteiger charge is 2.64. The van der Waals surface area contributed by atoms with Crippen molar-refractivity contribution in [1.82, 2.24) is 0 Å². The average Bonchev–Trinajstić information content (AvgIpc) is 3.06. The minimum Gasteiger partial charge on any atom is -0.423 e. The summed E-state index contributed by atoms with van der Waals surface area (Å²) in [4.78, 5) is 27.0. The van der Waals surface area contributed by atoms with Crippen LogP contribution in [0.5, 0.6) is 11.5 Å². The lowest BCUT2D eigenvalue weighted by Crippen LogP contribution is -2.52. The molecule has 0 heterocycles. The lowest BCUT2D eigenvalue weighted by molar-refractivity contribution is -0.272. The van der Waals surface area contributed by atoms with Crippen LogP contribution in [-0.2, 0) is 15.1 Å². The van der Waals surface area contributed by atoms with Crippen LogP contribution in [0.15, 0.2) is 133 Å². The third kappa shape index (κ3) is 5.30. The van der Waals surface area contributed by atoms with E-state index >= 15 is 0 Å². The predicted octanol–water partition coefficient (Wildman–Crippen LogP) is 8.89. The number of hydrogen-bond donors (Lipinski definition) is 0. The van der Waals surface area contributed by atoms with Crippen molar-refractivity contribution in [3.63, 3.8) is 0 Å². The van der Waals surface area contributed by atoms with Crippen LogP contribution in [0.25, 0.3) is 32.7 Å². The van der Waals surface area contributed by atoms with E-state index in [1.54, 1.807) is 72.8 Å². The first-order valence-corrected chi connectivity index (χ1v) is 14.0. The van der Waals surface area contributed by atoms with Gasteiger partial charge in [0.15, 0.2) is 0 Å². The Morgan fingerprint density at radius 2 is 1.02 bits per heavy atom. The SMILES string of the molecule is CO[C@](C(=O)Oc1ccc2ccccc2c1-c1c(OC(=O)c2ccccc2)ccc2ccccc12)(c1ccccc1)C(F)(F)F. The second kappa shape index (κ2) is 11.9. The molecule has 1 atom stereocenters. The fraction of sp³-hybridized carbons (Fsp3) is 0.0811. The third-order valence-electron chi connectivity index (χ3n) is 7.62. The summed E-state index contributed by atoms with van der Waals surface area (Å²) in [6.45, 7) is 0. The smallest absolute Gasteiger partial charge is 0.423 e. The number of alkyl halides is 3. The number of halogens is 3. The molecule has 0 saturated heterocycles. The number of carbonyl (C=O) groups excluding carboxylic acids is 2. The zero-order chi connectivity index (χ0) is 31.6. The fourth-order valence-electron chi connectivity index (χ4n) is 5.48. The first-order chi connectivity index (χ1) is 21.7. The molecule has 0 N–H and O–H groups in total. The standard InChI is InChI=1S/C37H25F3O5/c1-43-36(37(38,39)40,27-16-6-3-7-17-27)35(42)45-31-23-21-25-13-9-11-19-29(25)33(31)32-28-18-10-8-12-24(28)20-22-30(32)44-34(41)26-14-4-2-5-15-26/h2-23H,1H3/t36-/m0/s1. The van der Waals surface area contributed by atoms with E-state index in [2.05, 4.69) is 0 Å². The van der Waals surface area contributed by atoms with Gasteiger partial charge in [-0.1, -0.05) is 109 Å². The Hall–Kier alpha value is -5.47. The predicted molar refractivity (Wildman–Crippen MR) is 165 cm³/mol. The Labute approximate surface area is 256 Å². The minimum absolute atomic E-state index is 0.132. The second-order valence-electron chi connectivity index (χ2n) is 10.2. The molecule has 0 aliphatic rings. The summed E-state index contributed by atoms with van der Waals surface area (Å²) >= 11 is 0. The van der Waals surface area contributed by atoms with Crippen LogP contribution in [0.4, 0.5) is 13.2 Å². The number of carbonyl (C=O) groups is 2. The van der Waals surface area contributed by atoms with E-state index in [9.17, 15) is 22.8 Å². The first kappa shape index (κ1) is 29.6. The molecule has 0 amide bonds. The molecule has 0 aromatic heterocycles. The van der Waals surface area contributed by atoms with E-state index in [1.165, 1.54) is 24.3 Å². The Balaban J connectivity index is 1.59. The number of rotatable bonds is 7. The van der Waals surface area contributed by atoms with Gasteiger partial charge in [-0.15, -0.1) is 0 Å². The second-order valence-corrected chi connectivity index (χ2v) is 10.2. The Morgan fingerprint density at radius 3 is 1.53 bits per heavy atom. The van der Waals surface area contributed by atoms with Crippen molar-refractivity contribution in [3.8, 4) is 22.6 Å². The number of esters is 2. The van der Waals surface area contributed by atoms with E-state index in [0.717, 1.165) is 30.0 Å². The molecule has 0 spiro atoms. The van der Waals surface area contributed by atoms with Gasteiger partial charge in [-0.25, -0.2) is 9.59 Å². The summed E-state index contributed by atoms with van der Waals surface area (Å²) in [7, 11) is 0.814. The van der Waals surface area contributed by atoms with Crippen molar-refractivity contribution in [3.05, 3.63) is 145 Å². The van der Waals surface area contributed by atoms with Crippen LogP contribution >= 0.6 is 0 Å². The maximum atomic E-state index is 14.8. The molecule has 0 aliphatic heterocycles. The van der Waals surface area contributed by atoms with E-state index in [-0.39, 0.29) is 17.1 Å². The summed E-state index contributed by atoms with van der Waals surface area (Å²) in [5, 5.41) is 2.67. The molecule has 6 rings (SSSR count). The molecule has 0 aliphatic carbocycles. The topological polar surface area (TPSA) is 61.8 Å². The van der Waals surface area contributed by atoms with Crippen molar-refractivity contribution < 1.29 is 37.0 Å². The zero-order valence-electron chi connectivity index (χ0n) is 23.9. The highest BCUT2D eigenvalue weighted by molar-refractivity contribution is 6.11. The average molecular weight is 607 g/mol.